The molecule has 1 amide bonds. The van der Waals surface area contributed by atoms with E-state index in [4.69, 9.17) is 19.7 Å². The van der Waals surface area contributed by atoms with Crippen LogP contribution in [0.25, 0.3) is 0 Å². The third-order valence-corrected chi connectivity index (χ3v) is 3.26. The van der Waals surface area contributed by atoms with Gasteiger partial charge in [0.05, 0.1) is 19.8 Å². The summed E-state index contributed by atoms with van der Waals surface area (Å²) in [6.45, 7) is -0.351. The van der Waals surface area contributed by atoms with Crippen molar-refractivity contribution in [3.63, 3.8) is 0 Å². The molecule has 6 nitrogen and oxygen atoms in total. The van der Waals surface area contributed by atoms with E-state index < -0.39 is 30.9 Å². The van der Waals surface area contributed by atoms with Crippen LogP contribution in [0.5, 0.6) is 5.75 Å². The fourth-order valence-corrected chi connectivity index (χ4v) is 2.00. The summed E-state index contributed by atoms with van der Waals surface area (Å²) in [7, 11) is 0. The Bertz CT molecular complexity index is 534. The average Bonchev–Trinajstić information content (AvgIpc) is 2.88. The molecule has 1 aromatic carbocycles. The summed E-state index contributed by atoms with van der Waals surface area (Å²) >= 11 is 0. The number of nitrogens with zero attached hydrogens (tertiary/aromatic N) is 1. The van der Waals surface area contributed by atoms with E-state index in [1.165, 1.54) is 17.0 Å². The van der Waals surface area contributed by atoms with Crippen LogP contribution in [-0.4, -0.2) is 54.4 Å². The minimum atomic E-state index is -4.66. The van der Waals surface area contributed by atoms with Crippen molar-refractivity contribution in [1.29, 1.82) is 0 Å². The normalized spacial score (nSPS) is 19.6. The number of aliphatic hydroxyl groups is 2. The predicted octanol–water partition coefficient (Wildman–Crippen LogP) is 1.70. The second-order valence-electron chi connectivity index (χ2n) is 4.99. The van der Waals surface area contributed by atoms with Crippen LogP contribution in [0, 0.1) is 0 Å². The highest BCUT2D eigenvalue weighted by Gasteiger charge is 2.37. The van der Waals surface area contributed by atoms with Gasteiger partial charge in [0.2, 0.25) is 0 Å². The number of halogens is 3. The van der Waals surface area contributed by atoms with Gasteiger partial charge >= 0.3 is 12.3 Å². The smallest absolute Gasteiger partial charge is 0.414 e. The zero-order valence-corrected chi connectivity index (χ0v) is 12.0. The molecular weight excluding hydrogens is 319 g/mol. The summed E-state index contributed by atoms with van der Waals surface area (Å²) in [6.07, 6.45) is -8.81. The highest BCUT2D eigenvalue weighted by molar-refractivity contribution is 5.89. The number of ether oxygens (including phenoxy) is 2. The van der Waals surface area contributed by atoms with E-state index in [0.717, 1.165) is 0 Å². The van der Waals surface area contributed by atoms with Crippen LogP contribution < -0.4 is 9.64 Å². The van der Waals surface area contributed by atoms with Crippen molar-refractivity contribution in [3.8, 4) is 5.75 Å². The van der Waals surface area contributed by atoms with Crippen molar-refractivity contribution in [2.24, 2.45) is 0 Å². The number of carbonyl (C=O) groups is 1. The number of hydrogen-bond donors (Lipinski definition) is 2. The number of hydrogen-bond acceptors (Lipinski definition) is 5. The minimum Gasteiger partial charge on any atom is -0.493 e. The van der Waals surface area contributed by atoms with E-state index >= 15 is 0 Å². The highest BCUT2D eigenvalue weighted by Crippen LogP contribution is 2.25. The summed E-state index contributed by atoms with van der Waals surface area (Å²) in [5, 5.41) is 17.8. The fraction of sp³-hybridized carbons (Fsp3) is 0.500. The first-order chi connectivity index (χ1) is 10.8. The number of aliphatic hydroxyl groups excluding tert-OH is 2. The maximum atomic E-state index is 12.1. The van der Waals surface area contributed by atoms with Crippen molar-refractivity contribution >= 4 is 11.8 Å². The van der Waals surface area contributed by atoms with Gasteiger partial charge in [-0.25, -0.2) is 4.79 Å². The van der Waals surface area contributed by atoms with Gasteiger partial charge in [-0.2, -0.15) is 13.2 Å². The van der Waals surface area contributed by atoms with Crippen LogP contribution in [0.3, 0.4) is 0 Å². The molecular formula is C14H16F3NO5. The lowest BCUT2D eigenvalue weighted by molar-refractivity contribution is -0.206. The molecule has 128 valence electrons. The Kier molecular flexibility index (Phi) is 5.32. The Hall–Kier alpha value is -2.00. The van der Waals surface area contributed by atoms with Gasteiger partial charge in [-0.1, -0.05) is 0 Å². The lowest BCUT2D eigenvalue weighted by Gasteiger charge is -2.16. The molecule has 2 rings (SSSR count). The minimum absolute atomic E-state index is 0.216. The molecule has 1 fully saturated rings. The van der Waals surface area contributed by atoms with E-state index in [-0.39, 0.29) is 19.8 Å². The summed E-state index contributed by atoms with van der Waals surface area (Å²) < 4.78 is 46.4. The maximum Gasteiger partial charge on any atom is 0.414 e. The van der Waals surface area contributed by atoms with Gasteiger partial charge in [0.25, 0.3) is 0 Å². The molecule has 1 heterocycles. The third-order valence-electron chi connectivity index (χ3n) is 3.26. The van der Waals surface area contributed by atoms with Gasteiger partial charge in [-0.15, -0.1) is 0 Å². The van der Waals surface area contributed by atoms with E-state index in [2.05, 4.69) is 0 Å². The average molecular weight is 335 g/mol. The summed E-state index contributed by atoms with van der Waals surface area (Å²) in [5.41, 5.74) is 0.522. The van der Waals surface area contributed by atoms with E-state index in [1.54, 1.807) is 12.1 Å². The van der Waals surface area contributed by atoms with Crippen LogP contribution >= 0.6 is 0 Å². The Morgan fingerprint density at radius 1 is 1.35 bits per heavy atom. The van der Waals surface area contributed by atoms with Gasteiger partial charge < -0.3 is 19.7 Å². The Morgan fingerprint density at radius 2 is 2.00 bits per heavy atom. The molecule has 1 aromatic rings. The molecule has 9 heteroatoms. The van der Waals surface area contributed by atoms with Crippen LogP contribution in [0.4, 0.5) is 23.7 Å². The molecule has 1 saturated heterocycles. The molecule has 0 bridgehead atoms. The van der Waals surface area contributed by atoms with Crippen molar-refractivity contribution in [3.05, 3.63) is 24.3 Å². The first-order valence-corrected chi connectivity index (χ1v) is 6.88. The molecule has 1 aliphatic rings. The Morgan fingerprint density at radius 3 is 2.52 bits per heavy atom. The molecule has 23 heavy (non-hydrogen) atoms. The number of cyclic esters (lactones) is 1. The second kappa shape index (κ2) is 7.05. The summed E-state index contributed by atoms with van der Waals surface area (Å²) in [6, 6.07) is 6.09. The zero-order chi connectivity index (χ0) is 17.0. The van der Waals surface area contributed by atoms with E-state index in [1.807, 2.05) is 0 Å². The molecule has 0 saturated carbocycles. The van der Waals surface area contributed by atoms with Crippen LogP contribution in [0.2, 0.25) is 0 Å². The topological polar surface area (TPSA) is 79.2 Å². The molecule has 1 aliphatic heterocycles. The number of carbonyl (C=O) groups excluding carboxylic acids is 1. The molecule has 0 aliphatic carbocycles. The SMILES string of the molecule is O=C1O[C@@H](CO)CN1c1ccc(OCC[C@@H](O)C(F)(F)F)cc1. The summed E-state index contributed by atoms with van der Waals surface area (Å²) in [4.78, 5) is 12.9. The van der Waals surface area contributed by atoms with E-state index in [0.29, 0.717) is 11.4 Å². The summed E-state index contributed by atoms with van der Waals surface area (Å²) in [5.74, 6) is 0.314. The van der Waals surface area contributed by atoms with Crippen molar-refractivity contribution in [1.82, 2.24) is 0 Å². The van der Waals surface area contributed by atoms with E-state index in [9.17, 15) is 18.0 Å². The van der Waals surface area contributed by atoms with Gasteiger partial charge in [-0.05, 0) is 24.3 Å². The highest BCUT2D eigenvalue weighted by atomic mass is 19.4. The quantitative estimate of drug-likeness (QED) is 0.827. The third kappa shape index (κ3) is 4.49. The lowest BCUT2D eigenvalue weighted by atomic mass is 10.2. The van der Waals surface area contributed by atoms with Crippen molar-refractivity contribution < 1.29 is 37.7 Å². The molecule has 2 atom stereocenters. The molecule has 0 aromatic heterocycles. The molecule has 0 radical (unpaired) electrons. The largest absolute Gasteiger partial charge is 0.493 e. The first-order valence-electron chi connectivity index (χ1n) is 6.88. The molecule has 0 unspecified atom stereocenters. The maximum absolute atomic E-state index is 12.1. The number of amides is 1. The number of anilines is 1. The van der Waals surface area contributed by atoms with Crippen molar-refractivity contribution in [2.75, 3.05) is 24.7 Å². The molecule has 0 spiro atoms. The Balaban J connectivity index is 1.87. The van der Waals surface area contributed by atoms with Crippen LogP contribution in [0.1, 0.15) is 6.42 Å². The van der Waals surface area contributed by atoms with Gasteiger partial charge in [0.15, 0.2) is 6.10 Å². The van der Waals surface area contributed by atoms with Crippen LogP contribution in [0.15, 0.2) is 24.3 Å². The fourth-order valence-electron chi connectivity index (χ4n) is 2.00. The first kappa shape index (κ1) is 17.4. The zero-order valence-electron chi connectivity index (χ0n) is 12.0. The molecule has 2 N–H and O–H groups in total. The monoisotopic (exact) mass is 335 g/mol. The predicted molar refractivity (Wildman–Crippen MR) is 73.3 cm³/mol. The van der Waals surface area contributed by atoms with Gasteiger partial charge in [0.1, 0.15) is 11.9 Å². The van der Waals surface area contributed by atoms with Crippen LogP contribution in [-0.2, 0) is 4.74 Å². The number of alkyl halides is 3. The number of benzene rings is 1. The Labute approximate surface area is 130 Å². The van der Waals surface area contributed by atoms with Gasteiger partial charge in [-0.3, -0.25) is 4.90 Å². The lowest BCUT2D eigenvalue weighted by Crippen LogP contribution is -2.30. The number of rotatable bonds is 6. The standard InChI is InChI=1S/C14H16F3NO5/c15-14(16,17)12(20)5-6-22-10-3-1-9(2-4-10)18-7-11(8-19)23-13(18)21/h1-4,11-12,19-20H,5-8H2/t11-,12-/m1/s1. The van der Waals surface area contributed by atoms with Crippen molar-refractivity contribution in [2.45, 2.75) is 24.8 Å². The second-order valence-corrected chi connectivity index (χ2v) is 4.99. The van der Waals surface area contributed by atoms with Gasteiger partial charge in [0, 0.05) is 12.1 Å².